The molecule has 2 aromatic carbocycles. The van der Waals surface area contributed by atoms with Crippen molar-refractivity contribution in [1.82, 2.24) is 20.6 Å². The minimum atomic E-state index is -4.55. The monoisotopic (exact) mass is 682 g/mol. The van der Waals surface area contributed by atoms with E-state index in [9.17, 15) is 22.8 Å². The Kier molecular flexibility index (Phi) is 12.4. The van der Waals surface area contributed by atoms with E-state index < -0.39 is 24.3 Å². The molecule has 0 unspecified atom stereocenters. The average Bonchev–Trinajstić information content (AvgIpc) is 2.98. The molecule has 11 nitrogen and oxygen atoms in total. The van der Waals surface area contributed by atoms with Crippen molar-refractivity contribution in [3.63, 3.8) is 0 Å². The Balaban J connectivity index is 1.66. The highest BCUT2D eigenvalue weighted by Crippen LogP contribution is 2.24. The lowest BCUT2D eigenvalue weighted by Crippen LogP contribution is -2.41. The highest BCUT2D eigenvalue weighted by atomic mass is 79.9. The van der Waals surface area contributed by atoms with Gasteiger partial charge < -0.3 is 35.8 Å². The lowest BCUT2D eigenvalue weighted by Gasteiger charge is -2.24. The number of aromatic nitrogens is 2. The number of nitrogens with one attached hydrogen (secondary N) is 4. The predicted octanol–water partition coefficient (Wildman–Crippen LogP) is 5.96. The minimum absolute atomic E-state index is 0.0424. The summed E-state index contributed by atoms with van der Waals surface area (Å²) in [4.78, 5) is 31.7. The van der Waals surface area contributed by atoms with Crippen molar-refractivity contribution in [2.75, 3.05) is 42.3 Å². The van der Waals surface area contributed by atoms with Crippen LogP contribution in [0.1, 0.15) is 36.2 Å². The standard InChI is InChI=1S/C29H34BrF3N6O5/c1-28(2,17-36-27(41)42)16-35-25(40)20-6-8-21(9-7-20)37-23-14-24(44-18-29(31,32)33)39-26(38-23)34-15-19-4-10-22(11-5-19)43-13-3-12-30/h4-11,14,36H,3,12-13,15-18H2,1-2H3,(H,35,40)(H,41,42)(H2,34,37,38,39). The van der Waals surface area contributed by atoms with E-state index in [4.69, 9.17) is 14.6 Å². The average molecular weight is 684 g/mol. The van der Waals surface area contributed by atoms with E-state index in [1.165, 1.54) is 6.07 Å². The molecule has 3 rings (SSSR count). The molecule has 0 aliphatic carbocycles. The van der Waals surface area contributed by atoms with Crippen molar-refractivity contribution >= 4 is 45.4 Å². The van der Waals surface area contributed by atoms with Gasteiger partial charge in [-0.1, -0.05) is 41.9 Å². The third kappa shape index (κ3) is 12.5. The molecule has 0 spiro atoms. The summed E-state index contributed by atoms with van der Waals surface area (Å²) in [5.74, 6) is 0.296. The Labute approximate surface area is 261 Å². The van der Waals surface area contributed by atoms with Crippen LogP contribution in [0, 0.1) is 5.41 Å². The van der Waals surface area contributed by atoms with Crippen molar-refractivity contribution in [2.45, 2.75) is 33.0 Å². The molecule has 0 aliphatic heterocycles. The number of anilines is 3. The fourth-order valence-corrected chi connectivity index (χ4v) is 3.81. The van der Waals surface area contributed by atoms with Gasteiger partial charge in [0.2, 0.25) is 11.8 Å². The first-order valence-electron chi connectivity index (χ1n) is 13.5. The van der Waals surface area contributed by atoms with Crippen LogP contribution in [0.25, 0.3) is 0 Å². The van der Waals surface area contributed by atoms with Crippen LogP contribution in [0.4, 0.5) is 35.4 Å². The van der Waals surface area contributed by atoms with E-state index in [2.05, 4.69) is 47.2 Å². The van der Waals surface area contributed by atoms with Crippen molar-refractivity contribution in [2.24, 2.45) is 5.41 Å². The molecule has 15 heteroatoms. The van der Waals surface area contributed by atoms with E-state index in [1.54, 1.807) is 24.3 Å². The second-order valence-corrected chi connectivity index (χ2v) is 11.2. The van der Waals surface area contributed by atoms with Gasteiger partial charge in [-0.15, -0.1) is 0 Å². The van der Waals surface area contributed by atoms with Crippen LogP contribution in [0.5, 0.6) is 11.6 Å². The first-order chi connectivity index (χ1) is 20.8. The van der Waals surface area contributed by atoms with Gasteiger partial charge >= 0.3 is 12.3 Å². The summed E-state index contributed by atoms with van der Waals surface area (Å²) in [6.07, 6.45) is -4.82. The van der Waals surface area contributed by atoms with Crippen molar-refractivity contribution in [1.29, 1.82) is 0 Å². The molecule has 0 atom stereocenters. The summed E-state index contributed by atoms with van der Waals surface area (Å²) in [6.45, 7) is 3.37. The number of halogens is 4. The summed E-state index contributed by atoms with van der Waals surface area (Å²) < 4.78 is 48.9. The number of carboxylic acid groups (broad SMARTS) is 1. The number of alkyl halides is 4. The summed E-state index contributed by atoms with van der Waals surface area (Å²) in [5, 5.41) is 20.7. The van der Waals surface area contributed by atoms with E-state index in [0.29, 0.717) is 17.9 Å². The normalized spacial score (nSPS) is 11.4. The Morgan fingerprint density at radius 2 is 1.64 bits per heavy atom. The van der Waals surface area contributed by atoms with Gasteiger partial charge in [-0.25, -0.2) is 4.79 Å². The topological polar surface area (TPSA) is 147 Å². The molecule has 0 saturated heterocycles. The molecule has 1 aromatic heterocycles. The maximum absolute atomic E-state index is 12.8. The number of hydrogen-bond acceptors (Lipinski definition) is 8. The molecule has 2 amide bonds. The molecule has 0 fully saturated rings. The number of amides is 2. The molecule has 238 valence electrons. The lowest BCUT2D eigenvalue weighted by molar-refractivity contribution is -0.154. The molecule has 44 heavy (non-hydrogen) atoms. The third-order valence-electron chi connectivity index (χ3n) is 5.87. The molecular formula is C29H34BrF3N6O5. The zero-order valence-corrected chi connectivity index (χ0v) is 25.7. The van der Waals surface area contributed by atoms with Crippen LogP contribution in [-0.2, 0) is 6.54 Å². The fourth-order valence-electron chi connectivity index (χ4n) is 3.58. The number of rotatable bonds is 16. The molecule has 3 aromatic rings. The molecule has 5 N–H and O–H groups in total. The first kappa shape index (κ1) is 34.2. The summed E-state index contributed by atoms with van der Waals surface area (Å²) in [6, 6.07) is 14.9. The molecule has 0 aliphatic rings. The van der Waals surface area contributed by atoms with Crippen LogP contribution < -0.4 is 30.7 Å². The first-order valence-corrected chi connectivity index (χ1v) is 14.7. The summed E-state index contributed by atoms with van der Waals surface area (Å²) >= 11 is 3.35. The van der Waals surface area contributed by atoms with Gasteiger partial charge in [0.05, 0.1) is 6.61 Å². The SMILES string of the molecule is CC(C)(CNC(=O)O)CNC(=O)c1ccc(Nc2cc(OCC(F)(F)F)nc(NCc3ccc(OCCCBr)cc3)n2)cc1. The number of benzene rings is 2. The number of nitrogens with zero attached hydrogens (tertiary/aromatic N) is 2. The van der Waals surface area contributed by atoms with E-state index >= 15 is 0 Å². The second kappa shape index (κ2) is 16.0. The van der Waals surface area contributed by atoms with E-state index in [1.807, 2.05) is 38.1 Å². The van der Waals surface area contributed by atoms with Crippen molar-refractivity contribution in [3.8, 4) is 11.6 Å². The van der Waals surface area contributed by atoms with Crippen LogP contribution in [0.2, 0.25) is 0 Å². The van der Waals surface area contributed by atoms with E-state index in [-0.39, 0.29) is 43.2 Å². The third-order valence-corrected chi connectivity index (χ3v) is 6.43. The van der Waals surface area contributed by atoms with E-state index in [0.717, 1.165) is 23.1 Å². The maximum Gasteiger partial charge on any atom is 0.422 e. The van der Waals surface area contributed by atoms with Crippen LogP contribution >= 0.6 is 15.9 Å². The van der Waals surface area contributed by atoms with Gasteiger partial charge in [-0.05, 0) is 53.8 Å². The molecule has 0 saturated carbocycles. The second-order valence-electron chi connectivity index (χ2n) is 10.4. The van der Waals surface area contributed by atoms with Crippen LogP contribution in [0.3, 0.4) is 0 Å². The molecular weight excluding hydrogens is 649 g/mol. The number of hydrogen-bond donors (Lipinski definition) is 5. The van der Waals surface area contributed by atoms with Gasteiger partial charge in [0.25, 0.3) is 5.91 Å². The lowest BCUT2D eigenvalue weighted by atomic mass is 9.93. The van der Waals surface area contributed by atoms with Gasteiger partial charge in [0, 0.05) is 42.3 Å². The Morgan fingerprint density at radius 1 is 0.955 bits per heavy atom. The number of carbonyl (C=O) groups excluding carboxylic acids is 1. The van der Waals surface area contributed by atoms with Gasteiger partial charge in [0.1, 0.15) is 11.6 Å². The zero-order chi connectivity index (χ0) is 32.2. The maximum atomic E-state index is 12.8. The van der Waals surface area contributed by atoms with Crippen molar-refractivity contribution < 1.29 is 37.3 Å². The van der Waals surface area contributed by atoms with Gasteiger partial charge in [-0.3, -0.25) is 4.79 Å². The van der Waals surface area contributed by atoms with Crippen LogP contribution in [0.15, 0.2) is 54.6 Å². The van der Waals surface area contributed by atoms with Crippen LogP contribution in [-0.4, -0.2) is 64.9 Å². The highest BCUT2D eigenvalue weighted by molar-refractivity contribution is 9.09. The Hall–Kier alpha value is -4.27. The van der Waals surface area contributed by atoms with Crippen molar-refractivity contribution in [3.05, 3.63) is 65.7 Å². The minimum Gasteiger partial charge on any atom is -0.494 e. The summed E-state index contributed by atoms with van der Waals surface area (Å²) in [5.41, 5.74) is 1.23. The number of ether oxygens (including phenoxy) is 2. The van der Waals surface area contributed by atoms with Gasteiger partial charge in [0.15, 0.2) is 6.61 Å². The molecule has 0 radical (unpaired) electrons. The predicted molar refractivity (Wildman–Crippen MR) is 163 cm³/mol. The smallest absolute Gasteiger partial charge is 0.422 e. The Bertz CT molecular complexity index is 1380. The molecule has 1 heterocycles. The summed E-state index contributed by atoms with van der Waals surface area (Å²) in [7, 11) is 0. The highest BCUT2D eigenvalue weighted by Gasteiger charge is 2.29. The van der Waals surface area contributed by atoms with Gasteiger partial charge in [-0.2, -0.15) is 23.1 Å². The zero-order valence-electron chi connectivity index (χ0n) is 24.1. The largest absolute Gasteiger partial charge is 0.494 e. The Morgan fingerprint density at radius 3 is 2.27 bits per heavy atom. The quantitative estimate of drug-likeness (QED) is 0.0912. The fraction of sp³-hybridized carbons (Fsp3) is 0.379. The molecule has 0 bridgehead atoms. The number of carbonyl (C=O) groups is 2.